The maximum atomic E-state index is 13.1. The SMILES string of the molecule is O=C(c1ccc2c(c1)CCC2)N1CCC[C@@]2(CC1)CN(c1cccc(Cl)c1)C(=O)O2. The first-order valence-electron chi connectivity index (χ1n) is 10.7. The van der Waals surface area contributed by atoms with Gasteiger partial charge in [0.25, 0.3) is 5.91 Å². The summed E-state index contributed by atoms with van der Waals surface area (Å²) in [7, 11) is 0. The predicted molar refractivity (Wildman–Crippen MR) is 116 cm³/mol. The molecule has 2 aromatic rings. The number of rotatable bonds is 2. The minimum absolute atomic E-state index is 0.0813. The van der Waals surface area contributed by atoms with Crippen LogP contribution in [0.15, 0.2) is 42.5 Å². The van der Waals surface area contributed by atoms with Gasteiger partial charge >= 0.3 is 6.09 Å². The Hall–Kier alpha value is -2.53. The minimum atomic E-state index is -0.549. The summed E-state index contributed by atoms with van der Waals surface area (Å²) in [6.45, 7) is 1.77. The highest BCUT2D eigenvalue weighted by Gasteiger charge is 2.46. The van der Waals surface area contributed by atoms with E-state index in [0.717, 1.165) is 36.9 Å². The second-order valence-electron chi connectivity index (χ2n) is 8.60. The first-order valence-corrected chi connectivity index (χ1v) is 11.1. The first-order chi connectivity index (χ1) is 14.5. The van der Waals surface area contributed by atoms with E-state index < -0.39 is 5.60 Å². The lowest BCUT2D eigenvalue weighted by atomic mass is 9.95. The molecule has 1 aliphatic carbocycles. The van der Waals surface area contributed by atoms with Gasteiger partial charge in [-0.3, -0.25) is 9.69 Å². The van der Waals surface area contributed by atoms with Crippen molar-refractivity contribution in [1.29, 1.82) is 0 Å². The molecule has 0 saturated carbocycles. The molecule has 6 heteroatoms. The molecular formula is C24H25ClN2O3. The minimum Gasteiger partial charge on any atom is -0.441 e. The topological polar surface area (TPSA) is 49.9 Å². The van der Waals surface area contributed by atoms with Gasteiger partial charge in [0.15, 0.2) is 0 Å². The highest BCUT2D eigenvalue weighted by Crippen LogP contribution is 2.36. The maximum Gasteiger partial charge on any atom is 0.415 e. The number of hydrogen-bond donors (Lipinski definition) is 0. The number of aryl methyl sites for hydroxylation is 2. The van der Waals surface area contributed by atoms with Crippen LogP contribution in [-0.4, -0.2) is 42.1 Å². The Morgan fingerprint density at radius 3 is 2.73 bits per heavy atom. The van der Waals surface area contributed by atoms with Crippen LogP contribution in [0, 0.1) is 0 Å². The van der Waals surface area contributed by atoms with Gasteiger partial charge in [-0.25, -0.2) is 4.79 Å². The zero-order valence-electron chi connectivity index (χ0n) is 16.9. The molecule has 0 aromatic heterocycles. The highest BCUT2D eigenvalue weighted by molar-refractivity contribution is 6.30. The predicted octanol–water partition coefficient (Wildman–Crippen LogP) is 4.85. The van der Waals surface area contributed by atoms with E-state index in [4.69, 9.17) is 16.3 Å². The van der Waals surface area contributed by atoms with Crippen LogP contribution in [0.4, 0.5) is 10.5 Å². The smallest absolute Gasteiger partial charge is 0.415 e. The summed E-state index contributed by atoms with van der Waals surface area (Å²) in [5, 5.41) is 0.591. The zero-order valence-corrected chi connectivity index (χ0v) is 17.7. The van der Waals surface area contributed by atoms with E-state index >= 15 is 0 Å². The van der Waals surface area contributed by atoms with E-state index in [1.807, 2.05) is 23.1 Å². The van der Waals surface area contributed by atoms with Crippen molar-refractivity contribution >= 4 is 29.3 Å². The summed E-state index contributed by atoms with van der Waals surface area (Å²) < 4.78 is 5.88. The quantitative estimate of drug-likeness (QED) is 0.692. The average molecular weight is 425 g/mol. The van der Waals surface area contributed by atoms with Gasteiger partial charge in [0.1, 0.15) is 5.60 Å². The summed E-state index contributed by atoms with van der Waals surface area (Å²) in [4.78, 5) is 29.3. The molecule has 5 nitrogen and oxygen atoms in total. The van der Waals surface area contributed by atoms with Crippen LogP contribution >= 0.6 is 11.6 Å². The highest BCUT2D eigenvalue weighted by atomic mass is 35.5. The summed E-state index contributed by atoms with van der Waals surface area (Å²) in [5.74, 6) is 0.0813. The molecule has 2 saturated heterocycles. The molecule has 0 radical (unpaired) electrons. The molecule has 5 rings (SSSR count). The Balaban J connectivity index is 1.29. The fourth-order valence-electron chi connectivity index (χ4n) is 4.98. The molecule has 2 fully saturated rings. The number of halogens is 1. The summed E-state index contributed by atoms with van der Waals surface area (Å²) in [6.07, 6.45) is 5.23. The van der Waals surface area contributed by atoms with Gasteiger partial charge < -0.3 is 9.64 Å². The maximum absolute atomic E-state index is 13.1. The molecule has 156 valence electrons. The molecule has 3 aliphatic rings. The van der Waals surface area contributed by atoms with Crippen molar-refractivity contribution in [2.75, 3.05) is 24.5 Å². The number of amides is 2. The van der Waals surface area contributed by atoms with Gasteiger partial charge in [-0.15, -0.1) is 0 Å². The van der Waals surface area contributed by atoms with Gasteiger partial charge in [0.05, 0.1) is 6.54 Å². The fourth-order valence-corrected chi connectivity index (χ4v) is 5.17. The number of carbonyl (C=O) groups is 2. The van der Waals surface area contributed by atoms with Crippen molar-refractivity contribution in [3.05, 3.63) is 64.2 Å². The molecule has 2 aliphatic heterocycles. The van der Waals surface area contributed by atoms with E-state index in [1.165, 1.54) is 17.5 Å². The largest absolute Gasteiger partial charge is 0.441 e. The number of benzene rings is 2. The van der Waals surface area contributed by atoms with Crippen molar-refractivity contribution in [3.8, 4) is 0 Å². The molecule has 0 bridgehead atoms. The van der Waals surface area contributed by atoms with E-state index in [2.05, 4.69) is 12.1 Å². The van der Waals surface area contributed by atoms with Crippen molar-refractivity contribution in [1.82, 2.24) is 4.90 Å². The molecule has 2 amide bonds. The molecule has 0 N–H and O–H groups in total. The standard InChI is InChI=1S/C24H25ClN2O3/c25-20-6-2-7-21(15-20)27-16-24(30-23(27)29)10-3-12-26(13-11-24)22(28)19-9-8-17-4-1-5-18(17)14-19/h2,6-9,14-15H,1,3-5,10-13,16H2/t24-/m1/s1. The number of carbonyl (C=O) groups excluding carboxylic acids is 2. The van der Waals surface area contributed by atoms with Crippen molar-refractivity contribution in [3.63, 3.8) is 0 Å². The van der Waals surface area contributed by atoms with E-state index in [1.54, 1.807) is 17.0 Å². The average Bonchev–Trinajstić information content (AvgIpc) is 3.27. The Kier molecular flexibility index (Phi) is 4.94. The van der Waals surface area contributed by atoms with Crippen molar-refractivity contribution < 1.29 is 14.3 Å². The van der Waals surface area contributed by atoms with E-state index in [-0.39, 0.29) is 12.0 Å². The Morgan fingerprint density at radius 2 is 1.87 bits per heavy atom. The number of nitrogens with zero attached hydrogens (tertiary/aromatic N) is 2. The van der Waals surface area contributed by atoms with Gasteiger partial charge in [-0.2, -0.15) is 0 Å². The van der Waals surface area contributed by atoms with Crippen LogP contribution in [0.25, 0.3) is 0 Å². The van der Waals surface area contributed by atoms with Crippen molar-refractivity contribution in [2.24, 2.45) is 0 Å². The third-order valence-electron chi connectivity index (χ3n) is 6.62. The molecular weight excluding hydrogens is 400 g/mol. The van der Waals surface area contributed by atoms with Gasteiger partial charge in [-0.1, -0.05) is 23.7 Å². The number of ether oxygens (including phenoxy) is 1. The summed E-state index contributed by atoms with van der Waals surface area (Å²) in [5.41, 5.74) is 3.66. The molecule has 1 spiro atoms. The van der Waals surface area contributed by atoms with Gasteiger partial charge in [0.2, 0.25) is 0 Å². The second kappa shape index (κ2) is 7.62. The lowest BCUT2D eigenvalue weighted by Gasteiger charge is -2.25. The van der Waals surface area contributed by atoms with E-state index in [0.29, 0.717) is 31.1 Å². The van der Waals surface area contributed by atoms with Crippen LogP contribution in [0.3, 0.4) is 0 Å². The lowest BCUT2D eigenvalue weighted by Crippen LogP contribution is -2.37. The number of hydrogen-bond acceptors (Lipinski definition) is 3. The number of anilines is 1. The van der Waals surface area contributed by atoms with Crippen LogP contribution in [0.5, 0.6) is 0 Å². The molecule has 1 atom stereocenters. The van der Waals surface area contributed by atoms with E-state index in [9.17, 15) is 9.59 Å². The van der Waals surface area contributed by atoms with Crippen LogP contribution in [0.2, 0.25) is 5.02 Å². The van der Waals surface area contributed by atoms with Crippen LogP contribution in [0.1, 0.15) is 47.2 Å². The third-order valence-corrected chi connectivity index (χ3v) is 6.86. The van der Waals surface area contributed by atoms with Crippen LogP contribution < -0.4 is 4.90 Å². The summed E-state index contributed by atoms with van der Waals surface area (Å²) >= 11 is 6.10. The van der Waals surface area contributed by atoms with Crippen LogP contribution in [-0.2, 0) is 17.6 Å². The Morgan fingerprint density at radius 1 is 1.00 bits per heavy atom. The second-order valence-corrected chi connectivity index (χ2v) is 9.04. The third kappa shape index (κ3) is 3.56. The van der Waals surface area contributed by atoms with Gasteiger partial charge in [0, 0.05) is 35.8 Å². The summed E-state index contributed by atoms with van der Waals surface area (Å²) in [6, 6.07) is 13.4. The number of likely N-dealkylation sites (tertiary alicyclic amines) is 1. The van der Waals surface area contributed by atoms with Crippen molar-refractivity contribution in [2.45, 2.75) is 44.1 Å². The number of fused-ring (bicyclic) bond motifs is 1. The monoisotopic (exact) mass is 424 g/mol. The molecule has 30 heavy (non-hydrogen) atoms. The molecule has 2 aromatic carbocycles. The van der Waals surface area contributed by atoms with Gasteiger partial charge in [-0.05, 0) is 73.6 Å². The first kappa shape index (κ1) is 19.4. The molecule has 2 heterocycles. The normalized spacial score (nSPS) is 23.4. The Bertz CT molecular complexity index is 1010. The Labute approximate surface area is 181 Å². The molecule has 0 unspecified atom stereocenters. The lowest BCUT2D eigenvalue weighted by molar-refractivity contribution is 0.0438. The zero-order chi connectivity index (χ0) is 20.7. The fraction of sp³-hybridized carbons (Fsp3) is 0.417.